The molecule has 0 radical (unpaired) electrons. The highest BCUT2D eigenvalue weighted by molar-refractivity contribution is 6.19. The number of ether oxygens (including phenoxy) is 1. The molecule has 25 heavy (non-hydrogen) atoms. The molecule has 0 bridgehead atoms. The van der Waals surface area contributed by atoms with Gasteiger partial charge in [0.2, 0.25) is 0 Å². The maximum atomic E-state index is 12.7. The van der Waals surface area contributed by atoms with Crippen LogP contribution in [0.15, 0.2) is 24.3 Å². The quantitative estimate of drug-likeness (QED) is 0.464. The van der Waals surface area contributed by atoms with E-state index >= 15 is 0 Å². The summed E-state index contributed by atoms with van der Waals surface area (Å²) in [4.78, 5) is 39.9. The highest BCUT2D eigenvalue weighted by Gasteiger charge is 2.39. The van der Waals surface area contributed by atoms with E-state index in [0.717, 1.165) is 4.90 Å². The van der Waals surface area contributed by atoms with Crippen molar-refractivity contribution in [1.29, 1.82) is 0 Å². The van der Waals surface area contributed by atoms with Crippen molar-refractivity contribution in [2.45, 2.75) is 26.0 Å². The first kappa shape index (κ1) is 17.3. The minimum absolute atomic E-state index is 0.0417. The zero-order valence-corrected chi connectivity index (χ0v) is 14.1. The SMILES string of the molecule is C[C@@H]1CO[C@@H](C)CN1CN1CC(=O)N(c2cccc([N+](=O)[O-])c2)C1=O. The van der Waals surface area contributed by atoms with Gasteiger partial charge in [-0.05, 0) is 19.9 Å². The fourth-order valence-electron chi connectivity index (χ4n) is 3.05. The Morgan fingerprint density at radius 3 is 2.80 bits per heavy atom. The molecule has 0 aliphatic carbocycles. The summed E-state index contributed by atoms with van der Waals surface area (Å²) in [6, 6.07) is 5.22. The molecule has 3 amide bonds. The number of hydrogen-bond acceptors (Lipinski definition) is 6. The summed E-state index contributed by atoms with van der Waals surface area (Å²) in [5, 5.41) is 10.9. The van der Waals surface area contributed by atoms with Crippen molar-refractivity contribution >= 4 is 23.3 Å². The van der Waals surface area contributed by atoms with Gasteiger partial charge in [0.25, 0.3) is 11.6 Å². The molecule has 9 heteroatoms. The Morgan fingerprint density at radius 1 is 1.32 bits per heavy atom. The molecule has 0 aromatic heterocycles. The summed E-state index contributed by atoms with van der Waals surface area (Å²) in [5.41, 5.74) is 0.0577. The summed E-state index contributed by atoms with van der Waals surface area (Å²) in [7, 11) is 0. The fourth-order valence-corrected chi connectivity index (χ4v) is 3.05. The van der Waals surface area contributed by atoms with Gasteiger partial charge >= 0.3 is 6.03 Å². The van der Waals surface area contributed by atoms with Gasteiger partial charge in [0.05, 0.1) is 30.0 Å². The Morgan fingerprint density at radius 2 is 2.08 bits per heavy atom. The number of urea groups is 1. The third-order valence-corrected chi connectivity index (χ3v) is 4.43. The van der Waals surface area contributed by atoms with Gasteiger partial charge in [-0.2, -0.15) is 0 Å². The van der Waals surface area contributed by atoms with Crippen molar-refractivity contribution in [2.24, 2.45) is 0 Å². The largest absolute Gasteiger partial charge is 0.376 e. The van der Waals surface area contributed by atoms with Crippen molar-refractivity contribution in [1.82, 2.24) is 9.80 Å². The molecular weight excluding hydrogens is 328 g/mol. The number of carbonyl (C=O) groups is 2. The maximum absolute atomic E-state index is 12.7. The van der Waals surface area contributed by atoms with Gasteiger partial charge in [-0.15, -0.1) is 0 Å². The van der Waals surface area contributed by atoms with Crippen LogP contribution in [-0.4, -0.2) is 65.2 Å². The Hall–Kier alpha value is -2.52. The molecule has 1 aromatic rings. The highest BCUT2D eigenvalue weighted by atomic mass is 16.6. The minimum Gasteiger partial charge on any atom is -0.376 e. The lowest BCUT2D eigenvalue weighted by molar-refractivity contribution is -0.384. The summed E-state index contributed by atoms with van der Waals surface area (Å²) in [6.45, 7) is 5.50. The zero-order chi connectivity index (χ0) is 18.1. The number of non-ortho nitro benzene ring substituents is 1. The first-order valence-corrected chi connectivity index (χ1v) is 8.09. The van der Waals surface area contributed by atoms with Gasteiger partial charge in [0, 0.05) is 24.7 Å². The normalized spacial score (nSPS) is 24.9. The van der Waals surface area contributed by atoms with Crippen molar-refractivity contribution in [3.63, 3.8) is 0 Å². The van der Waals surface area contributed by atoms with E-state index in [4.69, 9.17) is 4.74 Å². The lowest BCUT2D eigenvalue weighted by Crippen LogP contribution is -2.52. The van der Waals surface area contributed by atoms with Gasteiger partial charge in [-0.25, -0.2) is 9.69 Å². The zero-order valence-electron chi connectivity index (χ0n) is 14.1. The number of amides is 3. The van der Waals surface area contributed by atoms with Crippen molar-refractivity contribution in [3.05, 3.63) is 34.4 Å². The Kier molecular flexibility index (Phi) is 4.69. The van der Waals surface area contributed by atoms with E-state index in [-0.39, 0.29) is 36.0 Å². The second-order valence-electron chi connectivity index (χ2n) is 6.39. The van der Waals surface area contributed by atoms with Crippen LogP contribution in [0.1, 0.15) is 13.8 Å². The van der Waals surface area contributed by atoms with Crippen LogP contribution in [0.5, 0.6) is 0 Å². The monoisotopic (exact) mass is 348 g/mol. The average molecular weight is 348 g/mol. The van der Waals surface area contributed by atoms with Crippen LogP contribution < -0.4 is 4.90 Å². The number of benzene rings is 1. The molecule has 2 saturated heterocycles. The van der Waals surface area contributed by atoms with Crippen LogP contribution in [0.3, 0.4) is 0 Å². The third-order valence-electron chi connectivity index (χ3n) is 4.43. The molecule has 2 fully saturated rings. The van der Waals surface area contributed by atoms with Gasteiger partial charge < -0.3 is 9.64 Å². The van der Waals surface area contributed by atoms with E-state index in [0.29, 0.717) is 19.8 Å². The molecule has 0 saturated carbocycles. The molecule has 1 aromatic carbocycles. The first-order chi connectivity index (χ1) is 11.9. The predicted molar refractivity (Wildman–Crippen MR) is 89.1 cm³/mol. The molecule has 3 rings (SSSR count). The highest BCUT2D eigenvalue weighted by Crippen LogP contribution is 2.26. The molecule has 0 spiro atoms. The molecule has 2 atom stereocenters. The number of carbonyl (C=O) groups excluding carboxylic acids is 2. The van der Waals surface area contributed by atoms with Gasteiger partial charge in [0.15, 0.2) is 0 Å². The second kappa shape index (κ2) is 6.77. The van der Waals surface area contributed by atoms with E-state index in [1.54, 1.807) is 0 Å². The number of nitro benzene ring substituents is 1. The lowest BCUT2D eigenvalue weighted by atomic mass is 10.2. The number of nitro groups is 1. The van der Waals surface area contributed by atoms with E-state index in [1.165, 1.54) is 29.2 Å². The van der Waals surface area contributed by atoms with Gasteiger partial charge in [0.1, 0.15) is 6.54 Å². The smallest absolute Gasteiger partial charge is 0.332 e. The van der Waals surface area contributed by atoms with Crippen molar-refractivity contribution < 1.29 is 19.2 Å². The molecular formula is C16H20N4O5. The number of imide groups is 1. The predicted octanol–water partition coefficient (Wildman–Crippen LogP) is 1.43. The molecule has 0 N–H and O–H groups in total. The number of morpholine rings is 1. The van der Waals surface area contributed by atoms with E-state index in [2.05, 4.69) is 4.90 Å². The third kappa shape index (κ3) is 3.47. The van der Waals surface area contributed by atoms with E-state index in [9.17, 15) is 19.7 Å². The van der Waals surface area contributed by atoms with Gasteiger partial charge in [-0.3, -0.25) is 19.8 Å². The molecule has 2 aliphatic heterocycles. The molecule has 9 nitrogen and oxygen atoms in total. The van der Waals surface area contributed by atoms with Crippen LogP contribution >= 0.6 is 0 Å². The van der Waals surface area contributed by atoms with Crippen LogP contribution in [0.2, 0.25) is 0 Å². The molecule has 2 aliphatic rings. The maximum Gasteiger partial charge on any atom is 0.332 e. The van der Waals surface area contributed by atoms with Crippen LogP contribution in [-0.2, 0) is 9.53 Å². The first-order valence-electron chi connectivity index (χ1n) is 8.09. The van der Waals surface area contributed by atoms with E-state index < -0.39 is 11.0 Å². The Labute approximate surface area is 144 Å². The standard InChI is InChI=1S/C16H20N4O5/c1-11-9-25-12(2)7-17(11)10-18-8-15(21)19(16(18)22)13-4-3-5-14(6-13)20(23)24/h3-6,11-12H,7-10H2,1-2H3/t11-,12+/m1/s1. The molecule has 2 heterocycles. The van der Waals surface area contributed by atoms with Gasteiger partial charge in [-0.1, -0.05) is 6.07 Å². The summed E-state index contributed by atoms with van der Waals surface area (Å²) < 4.78 is 5.57. The Balaban J connectivity index is 1.76. The average Bonchev–Trinajstić information content (AvgIpc) is 2.85. The number of rotatable bonds is 4. The second-order valence-corrected chi connectivity index (χ2v) is 6.39. The van der Waals surface area contributed by atoms with Crippen LogP contribution in [0.25, 0.3) is 0 Å². The summed E-state index contributed by atoms with van der Waals surface area (Å²) in [5.74, 6) is -0.389. The topological polar surface area (TPSA) is 96.2 Å². The summed E-state index contributed by atoms with van der Waals surface area (Å²) in [6.07, 6.45) is 0.0671. The van der Waals surface area contributed by atoms with Crippen molar-refractivity contribution in [2.75, 3.05) is 31.3 Å². The van der Waals surface area contributed by atoms with Crippen molar-refractivity contribution in [3.8, 4) is 0 Å². The van der Waals surface area contributed by atoms with E-state index in [1.807, 2.05) is 13.8 Å². The van der Waals surface area contributed by atoms with Crippen LogP contribution in [0.4, 0.5) is 16.2 Å². The molecule has 134 valence electrons. The molecule has 0 unspecified atom stereocenters. The Bertz CT molecular complexity index is 710. The lowest BCUT2D eigenvalue weighted by Gasteiger charge is -2.38. The van der Waals surface area contributed by atoms with Crippen LogP contribution in [0, 0.1) is 10.1 Å². The number of anilines is 1. The number of nitrogens with zero attached hydrogens (tertiary/aromatic N) is 4. The minimum atomic E-state index is -0.552. The fraction of sp³-hybridized carbons (Fsp3) is 0.500. The summed E-state index contributed by atoms with van der Waals surface area (Å²) >= 11 is 0. The number of hydrogen-bond donors (Lipinski definition) is 0.